The number of anilines is 3. The van der Waals surface area contributed by atoms with E-state index in [1.54, 1.807) is 0 Å². The molecule has 0 saturated heterocycles. The summed E-state index contributed by atoms with van der Waals surface area (Å²) in [5.41, 5.74) is 13.3. The van der Waals surface area contributed by atoms with Gasteiger partial charge < -0.3 is 4.90 Å². The summed E-state index contributed by atoms with van der Waals surface area (Å²) >= 11 is 0. The van der Waals surface area contributed by atoms with Crippen molar-refractivity contribution >= 4 is 27.8 Å². The summed E-state index contributed by atoms with van der Waals surface area (Å²) < 4.78 is 37.7. The van der Waals surface area contributed by atoms with Crippen LogP contribution < -0.4 is 4.90 Å². The third kappa shape index (κ3) is 7.58. The molecule has 0 N–H and O–H groups in total. The van der Waals surface area contributed by atoms with Gasteiger partial charge in [-0.15, -0.1) is 0 Å². The van der Waals surface area contributed by atoms with Crippen molar-refractivity contribution in [3.05, 3.63) is 249 Å². The molecule has 0 aliphatic carbocycles. The molecule has 0 fully saturated rings. The Kier molecular flexibility index (Phi) is 8.51. The summed E-state index contributed by atoms with van der Waals surface area (Å²) in [5, 5.41) is 2.40. The molecule has 278 valence electrons. The number of rotatable bonds is 9. The van der Waals surface area contributed by atoms with Crippen LogP contribution in [0.2, 0.25) is 0 Å². The highest BCUT2D eigenvalue weighted by atomic mass is 15.1. The number of benzene rings is 10. The maximum Gasteiger partial charge on any atom is 0.0645 e. The summed E-state index contributed by atoms with van der Waals surface area (Å²) in [4.78, 5) is 1.85. The fourth-order valence-corrected chi connectivity index (χ4v) is 7.79. The van der Waals surface area contributed by atoms with Crippen molar-refractivity contribution in [2.24, 2.45) is 0 Å². The number of hydrogen-bond donors (Lipinski definition) is 0. The molecule has 0 radical (unpaired) electrons. The van der Waals surface area contributed by atoms with Gasteiger partial charge in [-0.25, -0.2) is 0 Å². The molecular formula is C58H41N. The second-order valence-corrected chi connectivity index (χ2v) is 14.7. The van der Waals surface area contributed by atoms with Crippen molar-refractivity contribution in [1.82, 2.24) is 0 Å². The van der Waals surface area contributed by atoms with E-state index in [9.17, 15) is 5.48 Å². The molecule has 0 aliphatic rings. The highest BCUT2D eigenvalue weighted by molar-refractivity contribution is 5.88. The molecule has 1 heteroatoms. The fourth-order valence-electron chi connectivity index (χ4n) is 7.79. The van der Waals surface area contributed by atoms with E-state index in [0.29, 0.717) is 16.9 Å². The van der Waals surface area contributed by atoms with Crippen molar-refractivity contribution in [3.63, 3.8) is 0 Å². The minimum absolute atomic E-state index is 0.0973. The zero-order chi connectivity index (χ0) is 42.9. The van der Waals surface area contributed by atoms with Crippen LogP contribution in [0.5, 0.6) is 0 Å². The molecule has 0 heterocycles. The van der Waals surface area contributed by atoms with Crippen LogP contribution in [0.25, 0.3) is 77.5 Å². The van der Waals surface area contributed by atoms with E-state index in [4.69, 9.17) is 0 Å². The lowest BCUT2D eigenvalue weighted by atomic mass is 9.97. The number of nitrogens with zero attached hydrogens (tertiary/aromatic N) is 1. The SMILES string of the molecule is [2H]c1c([2H])c(N(c2ccc(-c3cccc(-c4ccccc4)c3)cc2)c2ccc(-c3cccc(-c4ccc5ccccc5c4)c3)cc2)c([2H])c([2H])c1-c1ccc(-c2ccccc2)cc1. The van der Waals surface area contributed by atoms with E-state index in [0.717, 1.165) is 55.6 Å². The van der Waals surface area contributed by atoms with Crippen molar-refractivity contribution in [2.45, 2.75) is 0 Å². The lowest BCUT2D eigenvalue weighted by Crippen LogP contribution is -2.09. The Morgan fingerprint density at radius 3 is 1.08 bits per heavy atom. The average Bonchev–Trinajstić information content (AvgIpc) is 3.35. The van der Waals surface area contributed by atoms with Crippen LogP contribution in [0.4, 0.5) is 17.1 Å². The van der Waals surface area contributed by atoms with Gasteiger partial charge >= 0.3 is 0 Å². The molecule has 10 aromatic rings. The fraction of sp³-hybridized carbons (Fsp3) is 0. The van der Waals surface area contributed by atoms with Gasteiger partial charge in [-0.05, 0) is 132 Å². The molecule has 10 rings (SSSR count). The average molecular weight is 756 g/mol. The molecular weight excluding hydrogens is 711 g/mol. The Balaban J connectivity index is 1.04. The van der Waals surface area contributed by atoms with Gasteiger partial charge in [0.25, 0.3) is 0 Å². The Bertz CT molecular complexity index is 3210. The smallest absolute Gasteiger partial charge is 0.0645 e. The second-order valence-electron chi connectivity index (χ2n) is 14.7. The van der Waals surface area contributed by atoms with Crippen LogP contribution >= 0.6 is 0 Å². The zero-order valence-corrected chi connectivity index (χ0v) is 32.3. The van der Waals surface area contributed by atoms with Gasteiger partial charge in [0.15, 0.2) is 0 Å². The first-order valence-corrected chi connectivity index (χ1v) is 19.9. The third-order valence-electron chi connectivity index (χ3n) is 10.9. The Morgan fingerprint density at radius 2 is 0.559 bits per heavy atom. The first-order valence-electron chi connectivity index (χ1n) is 21.9. The van der Waals surface area contributed by atoms with E-state index in [2.05, 4.69) is 127 Å². The van der Waals surface area contributed by atoms with Gasteiger partial charge in [-0.1, -0.05) is 194 Å². The van der Waals surface area contributed by atoms with Gasteiger partial charge in [0.1, 0.15) is 0 Å². The first kappa shape index (κ1) is 31.4. The van der Waals surface area contributed by atoms with Gasteiger partial charge in [0.2, 0.25) is 0 Å². The van der Waals surface area contributed by atoms with Gasteiger partial charge in [0, 0.05) is 17.1 Å². The maximum atomic E-state index is 9.51. The van der Waals surface area contributed by atoms with E-state index >= 15 is 0 Å². The van der Waals surface area contributed by atoms with Gasteiger partial charge in [0.05, 0.1) is 5.48 Å². The van der Waals surface area contributed by atoms with Crippen LogP contribution in [0.3, 0.4) is 0 Å². The second kappa shape index (κ2) is 16.0. The number of hydrogen-bond acceptors (Lipinski definition) is 1. The summed E-state index contributed by atoms with van der Waals surface area (Å²) in [5.74, 6) is 0. The molecule has 0 bridgehead atoms. The van der Waals surface area contributed by atoms with E-state index < -0.39 is 0 Å². The highest BCUT2D eigenvalue weighted by Crippen LogP contribution is 2.39. The first-order chi connectivity index (χ1) is 30.9. The van der Waals surface area contributed by atoms with Crippen molar-refractivity contribution in [2.75, 3.05) is 4.90 Å². The van der Waals surface area contributed by atoms with Crippen molar-refractivity contribution in [1.29, 1.82) is 0 Å². The number of fused-ring (bicyclic) bond motifs is 1. The Morgan fingerprint density at radius 1 is 0.220 bits per heavy atom. The molecule has 0 spiro atoms. The molecule has 0 amide bonds. The largest absolute Gasteiger partial charge is 0.311 e. The van der Waals surface area contributed by atoms with Crippen LogP contribution in [0.15, 0.2) is 249 Å². The molecule has 0 aromatic heterocycles. The van der Waals surface area contributed by atoms with Crippen molar-refractivity contribution in [3.8, 4) is 66.8 Å². The van der Waals surface area contributed by atoms with Crippen LogP contribution in [0, 0.1) is 0 Å². The normalized spacial score (nSPS) is 12.0. The molecule has 0 unspecified atom stereocenters. The molecule has 0 saturated carbocycles. The molecule has 0 atom stereocenters. The quantitative estimate of drug-likeness (QED) is 0.142. The predicted molar refractivity (Wildman–Crippen MR) is 251 cm³/mol. The van der Waals surface area contributed by atoms with E-state index in [-0.39, 0.29) is 35.4 Å². The molecule has 0 aliphatic heterocycles. The lowest BCUT2D eigenvalue weighted by molar-refractivity contribution is 1.28. The summed E-state index contributed by atoms with van der Waals surface area (Å²) in [6.45, 7) is 0. The topological polar surface area (TPSA) is 3.24 Å². The minimum atomic E-state index is -0.120. The molecule has 59 heavy (non-hydrogen) atoms. The van der Waals surface area contributed by atoms with Crippen LogP contribution in [-0.4, -0.2) is 0 Å². The molecule has 10 aromatic carbocycles. The minimum Gasteiger partial charge on any atom is -0.311 e. The standard InChI is InChI=1S/C58H41N/c1-3-11-42(12-4-1)45-21-23-46(24-22-45)47-27-33-56(34-28-47)59(57-35-29-48(30-36-57)52-18-9-17-51(39-52)43-13-5-2-6-14-43)58-37-31-49(32-38-58)53-19-10-20-54(40-53)55-26-25-44-15-7-8-16-50(44)41-55/h1-41H/i27D,28D,33D,34D. The Hall–Kier alpha value is -7.74. The lowest BCUT2D eigenvalue weighted by Gasteiger charge is -2.26. The summed E-state index contributed by atoms with van der Waals surface area (Å²) in [7, 11) is 0. The van der Waals surface area contributed by atoms with Crippen molar-refractivity contribution < 1.29 is 5.48 Å². The zero-order valence-electron chi connectivity index (χ0n) is 36.3. The van der Waals surface area contributed by atoms with E-state index in [1.807, 2.05) is 102 Å². The Labute approximate surface area is 352 Å². The van der Waals surface area contributed by atoms with E-state index in [1.165, 1.54) is 10.8 Å². The summed E-state index contributed by atoms with van der Waals surface area (Å²) in [6.07, 6.45) is 0. The monoisotopic (exact) mass is 755 g/mol. The third-order valence-corrected chi connectivity index (χ3v) is 10.9. The maximum absolute atomic E-state index is 9.51. The highest BCUT2D eigenvalue weighted by Gasteiger charge is 2.15. The van der Waals surface area contributed by atoms with Gasteiger partial charge in [-0.2, -0.15) is 0 Å². The predicted octanol–water partition coefficient (Wildman–Crippen LogP) is 16.3. The van der Waals surface area contributed by atoms with Crippen LogP contribution in [0.1, 0.15) is 5.48 Å². The molecule has 1 nitrogen and oxygen atoms in total. The van der Waals surface area contributed by atoms with Gasteiger partial charge in [-0.3, -0.25) is 0 Å². The summed E-state index contributed by atoms with van der Waals surface area (Å²) in [6, 6.07) is 75.8. The van der Waals surface area contributed by atoms with Crippen LogP contribution in [-0.2, 0) is 0 Å².